The SMILES string of the molecule is Cc1ccc(C)c(NC(=O)[C@H](Nc2ccc(C)c(F)c2)c2ccccc2)c1. The van der Waals surface area contributed by atoms with E-state index in [0.29, 0.717) is 11.3 Å². The first kappa shape index (κ1) is 18.6. The largest absolute Gasteiger partial charge is 0.370 e. The van der Waals surface area contributed by atoms with E-state index >= 15 is 0 Å². The Hall–Kier alpha value is -3.14. The van der Waals surface area contributed by atoms with Crippen LogP contribution in [0.1, 0.15) is 28.3 Å². The van der Waals surface area contributed by atoms with E-state index in [9.17, 15) is 9.18 Å². The van der Waals surface area contributed by atoms with Crippen LogP contribution in [0, 0.1) is 26.6 Å². The highest BCUT2D eigenvalue weighted by Gasteiger charge is 2.21. The van der Waals surface area contributed by atoms with Crippen molar-refractivity contribution in [3.8, 4) is 0 Å². The van der Waals surface area contributed by atoms with Crippen LogP contribution in [0.4, 0.5) is 15.8 Å². The van der Waals surface area contributed by atoms with Gasteiger partial charge in [-0.05, 0) is 61.2 Å². The molecule has 0 unspecified atom stereocenters. The quantitative estimate of drug-likeness (QED) is 0.625. The summed E-state index contributed by atoms with van der Waals surface area (Å²) in [6, 6.07) is 19.6. The Balaban J connectivity index is 1.90. The summed E-state index contributed by atoms with van der Waals surface area (Å²) in [6.07, 6.45) is 0. The van der Waals surface area contributed by atoms with Crippen LogP contribution in [0.5, 0.6) is 0 Å². The van der Waals surface area contributed by atoms with Gasteiger partial charge in [-0.1, -0.05) is 48.5 Å². The molecule has 27 heavy (non-hydrogen) atoms. The molecule has 0 aliphatic heterocycles. The van der Waals surface area contributed by atoms with Gasteiger partial charge in [-0.25, -0.2) is 4.39 Å². The Morgan fingerprint density at radius 3 is 2.30 bits per heavy atom. The Morgan fingerprint density at radius 2 is 1.59 bits per heavy atom. The van der Waals surface area contributed by atoms with Gasteiger partial charge in [0, 0.05) is 11.4 Å². The normalized spacial score (nSPS) is 11.7. The maximum Gasteiger partial charge on any atom is 0.251 e. The van der Waals surface area contributed by atoms with Crippen LogP contribution < -0.4 is 10.6 Å². The lowest BCUT2D eigenvalue weighted by Gasteiger charge is -2.21. The van der Waals surface area contributed by atoms with Gasteiger partial charge < -0.3 is 10.6 Å². The summed E-state index contributed by atoms with van der Waals surface area (Å²) in [5.74, 6) is -0.502. The van der Waals surface area contributed by atoms with Crippen molar-refractivity contribution in [3.05, 3.63) is 94.8 Å². The molecule has 0 aliphatic carbocycles. The fourth-order valence-corrected chi connectivity index (χ4v) is 2.87. The molecule has 2 N–H and O–H groups in total. The Kier molecular flexibility index (Phi) is 5.55. The minimum absolute atomic E-state index is 0.198. The third-order valence-electron chi connectivity index (χ3n) is 4.53. The summed E-state index contributed by atoms with van der Waals surface area (Å²) in [5.41, 5.74) is 4.77. The summed E-state index contributed by atoms with van der Waals surface area (Å²) >= 11 is 0. The summed E-state index contributed by atoms with van der Waals surface area (Å²) in [4.78, 5) is 13.1. The molecule has 138 valence electrons. The molecular weight excluding hydrogens is 339 g/mol. The van der Waals surface area contributed by atoms with Crippen LogP contribution in [0.2, 0.25) is 0 Å². The van der Waals surface area contributed by atoms with Gasteiger partial charge in [0.25, 0.3) is 5.91 Å². The van der Waals surface area contributed by atoms with Crippen molar-refractivity contribution in [2.75, 3.05) is 10.6 Å². The first-order valence-corrected chi connectivity index (χ1v) is 8.90. The number of hydrogen-bond donors (Lipinski definition) is 2. The summed E-state index contributed by atoms with van der Waals surface area (Å²) in [7, 11) is 0. The van der Waals surface area contributed by atoms with Crippen LogP contribution in [0.25, 0.3) is 0 Å². The van der Waals surface area contributed by atoms with E-state index in [2.05, 4.69) is 10.6 Å². The van der Waals surface area contributed by atoms with E-state index in [1.165, 1.54) is 6.07 Å². The molecule has 0 fully saturated rings. The van der Waals surface area contributed by atoms with Gasteiger partial charge >= 0.3 is 0 Å². The molecule has 0 spiro atoms. The molecule has 1 atom stereocenters. The lowest BCUT2D eigenvalue weighted by Crippen LogP contribution is -2.27. The molecule has 3 rings (SSSR count). The number of aryl methyl sites for hydroxylation is 3. The molecule has 0 heterocycles. The zero-order chi connectivity index (χ0) is 19.4. The first-order chi connectivity index (χ1) is 12.9. The number of hydrogen-bond acceptors (Lipinski definition) is 2. The minimum atomic E-state index is -0.645. The van der Waals surface area contributed by atoms with E-state index in [4.69, 9.17) is 0 Å². The van der Waals surface area contributed by atoms with Gasteiger partial charge in [0.05, 0.1) is 0 Å². The molecule has 0 radical (unpaired) electrons. The highest BCUT2D eigenvalue weighted by Crippen LogP contribution is 2.24. The Labute approximate surface area is 159 Å². The molecule has 0 bridgehead atoms. The van der Waals surface area contributed by atoms with Gasteiger partial charge in [0.15, 0.2) is 0 Å². The van der Waals surface area contributed by atoms with Crippen LogP contribution in [0.3, 0.4) is 0 Å². The van der Waals surface area contributed by atoms with Crippen LogP contribution >= 0.6 is 0 Å². The summed E-state index contributed by atoms with van der Waals surface area (Å²) < 4.78 is 13.9. The number of halogens is 1. The second-order valence-corrected chi connectivity index (χ2v) is 6.76. The number of carbonyl (C=O) groups is 1. The van der Waals surface area contributed by atoms with Crippen molar-refractivity contribution in [1.29, 1.82) is 0 Å². The number of amides is 1. The van der Waals surface area contributed by atoms with Crippen molar-refractivity contribution in [1.82, 2.24) is 0 Å². The summed E-state index contributed by atoms with van der Waals surface area (Å²) in [5, 5.41) is 6.17. The van der Waals surface area contributed by atoms with Gasteiger partial charge in [-0.2, -0.15) is 0 Å². The van der Waals surface area contributed by atoms with Crippen LogP contribution in [-0.4, -0.2) is 5.91 Å². The van der Waals surface area contributed by atoms with Crippen molar-refractivity contribution in [2.45, 2.75) is 26.8 Å². The average molecular weight is 362 g/mol. The zero-order valence-electron chi connectivity index (χ0n) is 15.7. The fraction of sp³-hybridized carbons (Fsp3) is 0.174. The van der Waals surface area contributed by atoms with Crippen LogP contribution in [-0.2, 0) is 4.79 Å². The molecule has 1 amide bonds. The average Bonchev–Trinajstić information content (AvgIpc) is 2.66. The number of carbonyl (C=O) groups excluding carboxylic acids is 1. The number of anilines is 2. The molecule has 0 aliphatic rings. The topological polar surface area (TPSA) is 41.1 Å². The molecule has 0 saturated heterocycles. The molecule has 3 aromatic carbocycles. The van der Waals surface area contributed by atoms with Crippen LogP contribution in [0.15, 0.2) is 66.7 Å². The van der Waals surface area contributed by atoms with Crippen molar-refractivity contribution >= 4 is 17.3 Å². The highest BCUT2D eigenvalue weighted by atomic mass is 19.1. The zero-order valence-corrected chi connectivity index (χ0v) is 15.7. The Morgan fingerprint density at radius 1 is 0.889 bits per heavy atom. The lowest BCUT2D eigenvalue weighted by atomic mass is 10.0. The van der Waals surface area contributed by atoms with Crippen molar-refractivity contribution in [3.63, 3.8) is 0 Å². The van der Waals surface area contributed by atoms with E-state index in [0.717, 1.165) is 22.4 Å². The molecular formula is C23H23FN2O. The summed E-state index contributed by atoms with van der Waals surface area (Å²) in [6.45, 7) is 5.65. The standard InChI is InChI=1S/C23H23FN2O/c1-15-9-10-17(3)21(13-15)26-23(27)22(18-7-5-4-6-8-18)25-19-12-11-16(2)20(24)14-19/h4-14,22,25H,1-3H3,(H,26,27)/t22-/m1/s1. The molecule has 0 aromatic heterocycles. The fourth-order valence-electron chi connectivity index (χ4n) is 2.87. The minimum Gasteiger partial charge on any atom is -0.370 e. The van der Waals surface area contributed by atoms with E-state index in [1.807, 2.05) is 62.4 Å². The van der Waals surface area contributed by atoms with E-state index < -0.39 is 6.04 Å². The molecule has 4 heteroatoms. The van der Waals surface area contributed by atoms with Crippen molar-refractivity contribution < 1.29 is 9.18 Å². The predicted octanol–water partition coefficient (Wildman–Crippen LogP) is 5.54. The molecule has 0 saturated carbocycles. The lowest BCUT2D eigenvalue weighted by molar-refractivity contribution is -0.117. The first-order valence-electron chi connectivity index (χ1n) is 8.90. The maximum atomic E-state index is 13.9. The number of rotatable bonds is 5. The smallest absolute Gasteiger partial charge is 0.251 e. The third kappa shape index (κ3) is 4.53. The van der Waals surface area contributed by atoms with E-state index in [1.54, 1.807) is 19.1 Å². The number of nitrogens with one attached hydrogen (secondary N) is 2. The van der Waals surface area contributed by atoms with Gasteiger partial charge in [-0.15, -0.1) is 0 Å². The monoisotopic (exact) mass is 362 g/mol. The predicted molar refractivity (Wildman–Crippen MR) is 108 cm³/mol. The highest BCUT2D eigenvalue weighted by molar-refractivity contribution is 5.98. The van der Waals surface area contributed by atoms with Gasteiger partial charge in [0.1, 0.15) is 11.9 Å². The number of benzene rings is 3. The molecule has 3 aromatic rings. The van der Waals surface area contributed by atoms with Gasteiger partial charge in [0.2, 0.25) is 0 Å². The van der Waals surface area contributed by atoms with Gasteiger partial charge in [-0.3, -0.25) is 4.79 Å². The Bertz CT molecular complexity index is 954. The second-order valence-electron chi connectivity index (χ2n) is 6.76. The second kappa shape index (κ2) is 8.04. The van der Waals surface area contributed by atoms with Crippen molar-refractivity contribution in [2.24, 2.45) is 0 Å². The third-order valence-corrected chi connectivity index (χ3v) is 4.53. The maximum absolute atomic E-state index is 13.9. The van der Waals surface area contributed by atoms with E-state index in [-0.39, 0.29) is 11.7 Å². The molecule has 3 nitrogen and oxygen atoms in total.